The molecule has 1 aliphatic rings. The summed E-state index contributed by atoms with van der Waals surface area (Å²) in [6, 6.07) is 13.3. The van der Waals surface area contributed by atoms with Gasteiger partial charge in [0.2, 0.25) is 0 Å². The van der Waals surface area contributed by atoms with E-state index in [1.165, 1.54) is 0 Å². The SMILES string of the molecule is Cc1cccc(Cl)c1NC(=O)N1CCN(c2cccc(Cl)c2)CC1. The molecule has 0 aliphatic carbocycles. The van der Waals surface area contributed by atoms with Gasteiger partial charge < -0.3 is 15.1 Å². The lowest BCUT2D eigenvalue weighted by Crippen LogP contribution is -2.50. The summed E-state index contributed by atoms with van der Waals surface area (Å²) in [6.45, 7) is 4.78. The van der Waals surface area contributed by atoms with Gasteiger partial charge in [0.1, 0.15) is 0 Å². The molecule has 126 valence electrons. The normalized spacial score (nSPS) is 14.6. The number of carbonyl (C=O) groups excluding carboxylic acids is 1. The first kappa shape index (κ1) is 16.9. The highest BCUT2D eigenvalue weighted by Gasteiger charge is 2.22. The van der Waals surface area contributed by atoms with E-state index >= 15 is 0 Å². The number of hydrogen-bond acceptors (Lipinski definition) is 2. The molecule has 0 aromatic heterocycles. The van der Waals surface area contributed by atoms with Crippen molar-refractivity contribution in [1.82, 2.24) is 4.90 Å². The van der Waals surface area contributed by atoms with Gasteiger partial charge in [-0.2, -0.15) is 0 Å². The Kier molecular flexibility index (Phi) is 5.17. The summed E-state index contributed by atoms with van der Waals surface area (Å²) in [5.41, 5.74) is 2.72. The smallest absolute Gasteiger partial charge is 0.322 e. The fourth-order valence-corrected chi connectivity index (χ4v) is 3.27. The lowest BCUT2D eigenvalue weighted by Gasteiger charge is -2.36. The van der Waals surface area contributed by atoms with Crippen LogP contribution in [0.4, 0.5) is 16.2 Å². The highest BCUT2D eigenvalue weighted by Crippen LogP contribution is 2.26. The van der Waals surface area contributed by atoms with Crippen LogP contribution in [0.15, 0.2) is 42.5 Å². The number of anilines is 2. The Balaban J connectivity index is 1.61. The number of urea groups is 1. The zero-order valence-corrected chi connectivity index (χ0v) is 14.9. The molecule has 0 unspecified atom stereocenters. The van der Waals surface area contributed by atoms with Crippen molar-refractivity contribution in [2.24, 2.45) is 0 Å². The number of benzene rings is 2. The fraction of sp³-hybridized carbons (Fsp3) is 0.278. The summed E-state index contributed by atoms with van der Waals surface area (Å²) in [4.78, 5) is 16.5. The summed E-state index contributed by atoms with van der Waals surface area (Å²) >= 11 is 12.2. The lowest BCUT2D eigenvalue weighted by atomic mass is 10.2. The second-order valence-electron chi connectivity index (χ2n) is 5.82. The number of halogens is 2. The first-order valence-electron chi connectivity index (χ1n) is 7.86. The Morgan fingerprint density at radius 1 is 1.04 bits per heavy atom. The summed E-state index contributed by atoms with van der Waals surface area (Å²) in [6.07, 6.45) is 0. The van der Waals surface area contributed by atoms with Crippen molar-refractivity contribution in [1.29, 1.82) is 0 Å². The van der Waals surface area contributed by atoms with Gasteiger partial charge in [0, 0.05) is 36.9 Å². The summed E-state index contributed by atoms with van der Waals surface area (Å²) < 4.78 is 0. The van der Waals surface area contributed by atoms with Gasteiger partial charge in [-0.15, -0.1) is 0 Å². The van der Waals surface area contributed by atoms with Crippen molar-refractivity contribution in [2.75, 3.05) is 36.4 Å². The number of piperazine rings is 1. The number of carbonyl (C=O) groups is 1. The second kappa shape index (κ2) is 7.32. The maximum atomic E-state index is 12.5. The van der Waals surface area contributed by atoms with E-state index in [4.69, 9.17) is 23.2 Å². The molecular weight excluding hydrogens is 345 g/mol. The van der Waals surface area contributed by atoms with Gasteiger partial charge in [0.05, 0.1) is 10.7 Å². The van der Waals surface area contributed by atoms with Crippen LogP contribution >= 0.6 is 23.2 Å². The fourth-order valence-electron chi connectivity index (χ4n) is 2.82. The number of hydrogen-bond donors (Lipinski definition) is 1. The van der Waals surface area contributed by atoms with Crippen LogP contribution in [0.5, 0.6) is 0 Å². The minimum absolute atomic E-state index is 0.114. The highest BCUT2D eigenvalue weighted by molar-refractivity contribution is 6.33. The molecule has 1 N–H and O–H groups in total. The zero-order chi connectivity index (χ0) is 17.1. The zero-order valence-electron chi connectivity index (χ0n) is 13.4. The number of aryl methyl sites for hydroxylation is 1. The van der Waals surface area contributed by atoms with Crippen LogP contribution in [-0.4, -0.2) is 37.1 Å². The summed E-state index contributed by atoms with van der Waals surface area (Å²) in [7, 11) is 0. The predicted molar refractivity (Wildman–Crippen MR) is 100 cm³/mol. The molecule has 1 heterocycles. The van der Waals surface area contributed by atoms with Gasteiger partial charge in [0.25, 0.3) is 0 Å². The summed E-state index contributed by atoms with van der Waals surface area (Å²) in [5, 5.41) is 4.21. The first-order valence-corrected chi connectivity index (χ1v) is 8.62. The van der Waals surface area contributed by atoms with E-state index in [0.717, 1.165) is 29.4 Å². The third-order valence-electron chi connectivity index (χ3n) is 4.19. The Morgan fingerprint density at radius 3 is 2.42 bits per heavy atom. The average Bonchev–Trinajstić information content (AvgIpc) is 2.58. The largest absolute Gasteiger partial charge is 0.368 e. The molecule has 3 rings (SSSR count). The van der Waals surface area contributed by atoms with E-state index < -0.39 is 0 Å². The van der Waals surface area contributed by atoms with Crippen LogP contribution in [0, 0.1) is 6.92 Å². The van der Waals surface area contributed by atoms with Gasteiger partial charge >= 0.3 is 6.03 Å². The quantitative estimate of drug-likeness (QED) is 0.842. The van der Waals surface area contributed by atoms with Crippen LogP contribution < -0.4 is 10.2 Å². The van der Waals surface area contributed by atoms with E-state index in [1.807, 2.05) is 48.2 Å². The molecule has 0 saturated carbocycles. The Labute approximate surface area is 152 Å². The highest BCUT2D eigenvalue weighted by atomic mass is 35.5. The molecule has 2 aromatic carbocycles. The monoisotopic (exact) mass is 363 g/mol. The Bertz CT molecular complexity index is 723. The van der Waals surface area contributed by atoms with E-state index in [2.05, 4.69) is 10.2 Å². The van der Waals surface area contributed by atoms with Crippen molar-refractivity contribution in [3.8, 4) is 0 Å². The molecule has 2 amide bonds. The lowest BCUT2D eigenvalue weighted by molar-refractivity contribution is 0.208. The molecule has 0 atom stereocenters. The number of nitrogens with one attached hydrogen (secondary N) is 1. The average molecular weight is 364 g/mol. The van der Waals surface area contributed by atoms with Crippen LogP contribution in [-0.2, 0) is 0 Å². The van der Waals surface area contributed by atoms with Gasteiger partial charge in [-0.25, -0.2) is 4.79 Å². The molecule has 24 heavy (non-hydrogen) atoms. The Hall–Kier alpha value is -1.91. The number of rotatable bonds is 2. The standard InChI is InChI=1S/C18H19Cl2N3O/c1-13-4-2-7-16(20)17(13)21-18(24)23-10-8-22(9-11-23)15-6-3-5-14(19)12-15/h2-7,12H,8-11H2,1H3,(H,21,24). The maximum Gasteiger partial charge on any atom is 0.322 e. The van der Waals surface area contributed by atoms with E-state index in [1.54, 1.807) is 6.07 Å². The van der Waals surface area contributed by atoms with Crippen LogP contribution in [0.25, 0.3) is 0 Å². The van der Waals surface area contributed by atoms with Crippen LogP contribution in [0.2, 0.25) is 10.0 Å². The van der Waals surface area contributed by atoms with Gasteiger partial charge in [-0.1, -0.05) is 41.4 Å². The molecule has 1 saturated heterocycles. The minimum atomic E-state index is -0.114. The number of para-hydroxylation sites is 1. The van der Waals surface area contributed by atoms with Crippen molar-refractivity contribution < 1.29 is 4.79 Å². The first-order chi connectivity index (χ1) is 11.5. The van der Waals surface area contributed by atoms with E-state index in [9.17, 15) is 4.79 Å². The second-order valence-corrected chi connectivity index (χ2v) is 6.66. The molecular formula is C18H19Cl2N3O. The van der Waals surface area contributed by atoms with E-state index in [-0.39, 0.29) is 6.03 Å². The molecule has 4 nitrogen and oxygen atoms in total. The van der Waals surface area contributed by atoms with Gasteiger partial charge in [-0.3, -0.25) is 0 Å². The molecule has 0 radical (unpaired) electrons. The molecule has 1 fully saturated rings. The minimum Gasteiger partial charge on any atom is -0.368 e. The number of amides is 2. The van der Waals surface area contributed by atoms with Crippen LogP contribution in [0.1, 0.15) is 5.56 Å². The third kappa shape index (κ3) is 3.77. The molecule has 2 aromatic rings. The molecule has 6 heteroatoms. The van der Waals surface area contributed by atoms with E-state index in [0.29, 0.717) is 23.8 Å². The van der Waals surface area contributed by atoms with Crippen LogP contribution in [0.3, 0.4) is 0 Å². The van der Waals surface area contributed by atoms with Gasteiger partial charge in [-0.05, 0) is 36.8 Å². The maximum absolute atomic E-state index is 12.5. The number of nitrogens with zero attached hydrogens (tertiary/aromatic N) is 2. The van der Waals surface area contributed by atoms with Crippen molar-refractivity contribution >= 4 is 40.6 Å². The Morgan fingerprint density at radius 2 is 1.75 bits per heavy atom. The topological polar surface area (TPSA) is 35.6 Å². The van der Waals surface area contributed by atoms with Gasteiger partial charge in [0.15, 0.2) is 0 Å². The molecule has 0 spiro atoms. The third-order valence-corrected chi connectivity index (χ3v) is 4.74. The van der Waals surface area contributed by atoms with Crippen molar-refractivity contribution in [3.05, 3.63) is 58.1 Å². The summed E-state index contributed by atoms with van der Waals surface area (Å²) in [5.74, 6) is 0. The van der Waals surface area contributed by atoms with Crippen molar-refractivity contribution in [3.63, 3.8) is 0 Å². The predicted octanol–water partition coefficient (Wildman–Crippen LogP) is 4.66. The molecule has 1 aliphatic heterocycles. The van der Waals surface area contributed by atoms with Crippen molar-refractivity contribution in [2.45, 2.75) is 6.92 Å². The molecule has 0 bridgehead atoms.